The fourth-order valence-electron chi connectivity index (χ4n) is 7.58. The number of aryl methyl sites for hydroxylation is 1. The lowest BCUT2D eigenvalue weighted by Gasteiger charge is -2.42. The van der Waals surface area contributed by atoms with E-state index in [1.807, 2.05) is 11.0 Å². The highest BCUT2D eigenvalue weighted by molar-refractivity contribution is 7.16. The molecule has 7 rings (SSSR count). The van der Waals surface area contributed by atoms with E-state index in [1.165, 1.54) is 28.9 Å². The van der Waals surface area contributed by atoms with Crippen LogP contribution in [0.3, 0.4) is 0 Å². The molecule has 2 aliphatic heterocycles. The monoisotopic (exact) mass is 645 g/mol. The lowest BCUT2D eigenvalue weighted by atomic mass is 9.73. The maximum atomic E-state index is 12.6. The van der Waals surface area contributed by atoms with Crippen molar-refractivity contribution in [2.45, 2.75) is 81.9 Å². The van der Waals surface area contributed by atoms with Gasteiger partial charge in [-0.2, -0.15) is 14.6 Å². The van der Waals surface area contributed by atoms with Crippen molar-refractivity contribution in [3.8, 4) is 23.6 Å². The number of carbonyl (C=O) groups is 1. The van der Waals surface area contributed by atoms with Crippen LogP contribution in [-0.2, 0) is 16.6 Å². The van der Waals surface area contributed by atoms with Crippen molar-refractivity contribution in [2.24, 2.45) is 0 Å². The summed E-state index contributed by atoms with van der Waals surface area (Å²) < 4.78 is 11.3. The van der Waals surface area contributed by atoms with Crippen LogP contribution < -0.4 is 15.4 Å². The van der Waals surface area contributed by atoms with Gasteiger partial charge in [0.25, 0.3) is 0 Å². The fraction of sp³-hybridized carbons (Fsp3) is 0.562. The molecule has 0 bridgehead atoms. The third-order valence-electron chi connectivity index (χ3n) is 10.2. The minimum atomic E-state index is -0.465. The van der Waals surface area contributed by atoms with Crippen LogP contribution in [0, 0.1) is 11.3 Å². The van der Waals surface area contributed by atoms with Crippen LogP contribution in [0.2, 0.25) is 0 Å². The van der Waals surface area contributed by atoms with Gasteiger partial charge in [0.1, 0.15) is 28.0 Å². The number of thiophene rings is 1. The molecule has 4 aliphatic rings. The molecule has 3 atom stereocenters. The number of nitrogen functional groups attached to an aromatic ring is 1. The standard InChI is InChI=1S/C32H39N9O2S2/c1-5-25(42)41-15-14-40(18-32(41)11-12-32)23-16-24(43-19(2)21-8-7-13-39(21)4)36-28(35-23)29-37-30(45-38-29)31(3)10-6-9-22-26(31)20(17-33)27(34)44-22/h5,16,19,21H,1,6-15,18,34H2,2-4H3/t19-,21-,31-/m0/s1. The molecule has 13 heteroatoms. The number of anilines is 2. The zero-order valence-electron chi connectivity index (χ0n) is 26.1. The van der Waals surface area contributed by atoms with E-state index in [0.29, 0.717) is 53.8 Å². The summed E-state index contributed by atoms with van der Waals surface area (Å²) in [5.74, 6) is 2.09. The van der Waals surface area contributed by atoms with Crippen LogP contribution in [0.4, 0.5) is 10.8 Å². The number of likely N-dealkylation sites (N-methyl/N-ethyl adjacent to an activating group) is 1. The third kappa shape index (κ3) is 5.16. The number of amides is 1. The normalized spacial score (nSPS) is 24.7. The third-order valence-corrected chi connectivity index (χ3v) is 12.3. The Morgan fingerprint density at radius 1 is 1.22 bits per heavy atom. The molecule has 1 spiro atoms. The number of aromatic nitrogens is 4. The van der Waals surface area contributed by atoms with Gasteiger partial charge in [-0.15, -0.1) is 11.3 Å². The largest absolute Gasteiger partial charge is 0.473 e. The first-order valence-electron chi connectivity index (χ1n) is 15.8. The van der Waals surface area contributed by atoms with E-state index in [9.17, 15) is 10.1 Å². The second-order valence-corrected chi connectivity index (χ2v) is 15.0. The summed E-state index contributed by atoms with van der Waals surface area (Å²) in [6, 6.07) is 4.58. The Kier molecular flexibility index (Phi) is 7.57. The van der Waals surface area contributed by atoms with Crippen LogP contribution in [0.25, 0.3) is 11.6 Å². The van der Waals surface area contributed by atoms with E-state index in [0.717, 1.165) is 72.8 Å². The van der Waals surface area contributed by atoms with Gasteiger partial charge in [0, 0.05) is 42.0 Å². The Balaban J connectivity index is 1.24. The lowest BCUT2D eigenvalue weighted by Crippen LogP contribution is -2.57. The van der Waals surface area contributed by atoms with Gasteiger partial charge in [0.15, 0.2) is 0 Å². The number of ether oxygens (including phenoxy) is 1. The molecule has 5 heterocycles. The van der Waals surface area contributed by atoms with Crippen molar-refractivity contribution in [3.63, 3.8) is 0 Å². The van der Waals surface area contributed by atoms with Crippen molar-refractivity contribution in [1.82, 2.24) is 29.1 Å². The van der Waals surface area contributed by atoms with Gasteiger partial charge in [-0.3, -0.25) is 9.69 Å². The summed E-state index contributed by atoms with van der Waals surface area (Å²) in [5.41, 5.74) is 7.19. The second-order valence-electron chi connectivity index (χ2n) is 13.1. The number of likely N-dealkylation sites (tertiary alicyclic amines) is 1. The summed E-state index contributed by atoms with van der Waals surface area (Å²) in [6.45, 7) is 11.0. The number of carbonyl (C=O) groups excluding carboxylic acids is 1. The van der Waals surface area contributed by atoms with Crippen LogP contribution >= 0.6 is 22.9 Å². The molecule has 3 fully saturated rings. The maximum absolute atomic E-state index is 12.6. The van der Waals surface area contributed by atoms with Gasteiger partial charge in [0.2, 0.25) is 23.4 Å². The van der Waals surface area contributed by atoms with E-state index >= 15 is 0 Å². The molecule has 2 aliphatic carbocycles. The molecule has 3 aromatic heterocycles. The summed E-state index contributed by atoms with van der Waals surface area (Å²) in [6.07, 6.45) is 8.28. The molecule has 0 unspecified atom stereocenters. The smallest absolute Gasteiger partial charge is 0.246 e. The molecule has 2 N–H and O–H groups in total. The molecule has 3 aromatic rings. The SMILES string of the molecule is C=CC(=O)N1CCN(c2cc(O[C@@H](C)[C@@H]3CCCN3C)nc(-c3nsc([C@@]4(C)CCCc5sc(N)c(C#N)c54)n3)n2)CC12CC2. The van der Waals surface area contributed by atoms with E-state index in [2.05, 4.69) is 43.3 Å². The zero-order chi connectivity index (χ0) is 31.5. The average Bonchev–Trinajstić information content (AvgIpc) is 3.36. The van der Waals surface area contributed by atoms with E-state index in [-0.39, 0.29) is 17.6 Å². The van der Waals surface area contributed by atoms with Gasteiger partial charge in [-0.1, -0.05) is 6.58 Å². The van der Waals surface area contributed by atoms with Crippen LogP contribution in [0.15, 0.2) is 18.7 Å². The van der Waals surface area contributed by atoms with Crippen LogP contribution in [0.5, 0.6) is 5.88 Å². The number of nitriles is 1. The van der Waals surface area contributed by atoms with Crippen molar-refractivity contribution < 1.29 is 9.53 Å². The van der Waals surface area contributed by atoms with Gasteiger partial charge in [0.05, 0.1) is 11.1 Å². The Labute approximate surface area is 271 Å². The minimum Gasteiger partial charge on any atom is -0.473 e. The molecule has 1 saturated carbocycles. The first-order chi connectivity index (χ1) is 21.7. The molecule has 2 saturated heterocycles. The summed E-state index contributed by atoms with van der Waals surface area (Å²) in [4.78, 5) is 35.2. The number of piperazine rings is 1. The topological polar surface area (TPSA) is 137 Å². The average molecular weight is 646 g/mol. The van der Waals surface area contributed by atoms with Crippen molar-refractivity contribution >= 4 is 39.6 Å². The number of nitrogens with zero attached hydrogens (tertiary/aromatic N) is 8. The quantitative estimate of drug-likeness (QED) is 0.369. The first kappa shape index (κ1) is 30.1. The van der Waals surface area contributed by atoms with Crippen molar-refractivity contribution in [1.29, 1.82) is 5.26 Å². The van der Waals surface area contributed by atoms with E-state index < -0.39 is 5.41 Å². The fourth-order valence-corrected chi connectivity index (χ4v) is 9.60. The Bertz CT molecular complexity index is 1690. The Morgan fingerprint density at radius 3 is 2.76 bits per heavy atom. The Hall–Kier alpha value is -3.60. The maximum Gasteiger partial charge on any atom is 0.246 e. The molecule has 1 amide bonds. The molecule has 0 radical (unpaired) electrons. The molecule has 45 heavy (non-hydrogen) atoms. The number of hydrogen-bond donors (Lipinski definition) is 1. The van der Waals surface area contributed by atoms with Crippen LogP contribution in [0.1, 0.15) is 73.4 Å². The lowest BCUT2D eigenvalue weighted by molar-refractivity contribution is -0.129. The van der Waals surface area contributed by atoms with Gasteiger partial charge in [-0.25, -0.2) is 9.97 Å². The molecule has 0 aromatic carbocycles. The minimum absolute atomic E-state index is 0.0143. The number of rotatable bonds is 7. The molecule has 11 nitrogen and oxygen atoms in total. The number of nitrogens with two attached hydrogens (primary N) is 1. The number of hydrogen-bond acceptors (Lipinski definition) is 12. The van der Waals surface area contributed by atoms with Gasteiger partial charge >= 0.3 is 0 Å². The highest BCUT2D eigenvalue weighted by atomic mass is 32.1. The first-order valence-corrected chi connectivity index (χ1v) is 17.4. The van der Waals surface area contributed by atoms with Gasteiger partial charge < -0.3 is 20.3 Å². The molecule has 236 valence electrons. The van der Waals surface area contributed by atoms with Crippen molar-refractivity contribution in [3.05, 3.63) is 39.7 Å². The Morgan fingerprint density at radius 2 is 2.04 bits per heavy atom. The van der Waals surface area contributed by atoms with Crippen LogP contribution in [-0.4, -0.2) is 85.9 Å². The molecular formula is C32H39N9O2S2. The zero-order valence-corrected chi connectivity index (χ0v) is 27.7. The van der Waals surface area contributed by atoms with Crippen molar-refractivity contribution in [2.75, 3.05) is 43.9 Å². The summed E-state index contributed by atoms with van der Waals surface area (Å²) in [7, 11) is 2.14. The predicted molar refractivity (Wildman–Crippen MR) is 176 cm³/mol. The van der Waals surface area contributed by atoms with E-state index in [4.69, 9.17) is 29.8 Å². The highest BCUT2D eigenvalue weighted by Gasteiger charge is 2.53. The summed E-state index contributed by atoms with van der Waals surface area (Å²) in [5, 5.41) is 11.4. The van der Waals surface area contributed by atoms with E-state index in [1.54, 1.807) is 0 Å². The predicted octanol–water partition coefficient (Wildman–Crippen LogP) is 4.38. The molecular weight excluding hydrogens is 607 g/mol. The summed E-state index contributed by atoms with van der Waals surface area (Å²) >= 11 is 2.86. The highest BCUT2D eigenvalue weighted by Crippen LogP contribution is 2.50. The second kappa shape index (κ2) is 11.3. The van der Waals surface area contributed by atoms with Gasteiger partial charge in [-0.05, 0) is 95.6 Å². The number of fused-ring (bicyclic) bond motifs is 1.